The number of aromatic nitrogens is 2. The Kier molecular flexibility index (Phi) is 6.17. The Morgan fingerprint density at radius 1 is 1.32 bits per heavy atom. The van der Waals surface area contributed by atoms with Gasteiger partial charge in [0.2, 0.25) is 0 Å². The summed E-state index contributed by atoms with van der Waals surface area (Å²) in [4.78, 5) is 15.0. The maximum absolute atomic E-state index is 11.7. The van der Waals surface area contributed by atoms with E-state index in [-0.39, 0.29) is 12.5 Å². The van der Waals surface area contributed by atoms with E-state index >= 15 is 0 Å². The van der Waals surface area contributed by atoms with Gasteiger partial charge in [-0.05, 0) is 12.1 Å². The molecule has 7 nitrogen and oxygen atoms in total. The van der Waals surface area contributed by atoms with Crippen LogP contribution in [0.15, 0.2) is 12.1 Å². The lowest BCUT2D eigenvalue weighted by Crippen LogP contribution is -2.31. The molecule has 1 N–H and O–H groups in total. The highest BCUT2D eigenvalue weighted by atomic mass is 16.5. The third-order valence-electron chi connectivity index (χ3n) is 2.54. The molecule has 0 saturated heterocycles. The van der Waals surface area contributed by atoms with E-state index in [1.54, 1.807) is 33.3 Å². The van der Waals surface area contributed by atoms with Crippen LogP contribution in [0, 0.1) is 0 Å². The maximum Gasteiger partial charge on any atom is 0.273 e. The maximum atomic E-state index is 11.7. The second-order valence-electron chi connectivity index (χ2n) is 4.18. The molecule has 1 aromatic heterocycles. The number of carbonyl (C=O) groups excluding carboxylic acids is 1. The van der Waals surface area contributed by atoms with E-state index in [1.165, 1.54) is 4.90 Å². The van der Waals surface area contributed by atoms with Crippen LogP contribution in [-0.2, 0) is 4.74 Å². The van der Waals surface area contributed by atoms with E-state index in [0.29, 0.717) is 31.2 Å². The fourth-order valence-corrected chi connectivity index (χ4v) is 1.50. The molecule has 0 aliphatic carbocycles. The number of hydrogen-bond donors (Lipinski definition) is 1. The zero-order chi connectivity index (χ0) is 14.3. The van der Waals surface area contributed by atoms with Crippen molar-refractivity contribution in [2.24, 2.45) is 0 Å². The molecule has 1 heterocycles. The van der Waals surface area contributed by atoms with Crippen LogP contribution in [0.25, 0.3) is 0 Å². The van der Waals surface area contributed by atoms with Crippen molar-refractivity contribution in [1.82, 2.24) is 15.1 Å². The molecule has 0 saturated carbocycles. The molecule has 0 aliphatic rings. The highest BCUT2D eigenvalue weighted by molar-refractivity contribution is 5.91. The summed E-state index contributed by atoms with van der Waals surface area (Å²) in [5.41, 5.74) is 0.296. The number of carbonyl (C=O) groups is 1. The first kappa shape index (κ1) is 15.3. The first-order chi connectivity index (χ1) is 9.10. The summed E-state index contributed by atoms with van der Waals surface area (Å²) >= 11 is 0. The van der Waals surface area contributed by atoms with Gasteiger partial charge in [-0.15, -0.1) is 10.2 Å². The van der Waals surface area contributed by atoms with Gasteiger partial charge in [-0.1, -0.05) is 0 Å². The highest BCUT2D eigenvalue weighted by Gasteiger charge is 2.12. The lowest BCUT2D eigenvalue weighted by molar-refractivity contribution is 0.0821. The molecular weight excluding hydrogens is 248 g/mol. The molecule has 1 aromatic rings. The summed E-state index contributed by atoms with van der Waals surface area (Å²) in [5, 5.41) is 16.9. The van der Waals surface area contributed by atoms with E-state index in [1.807, 2.05) is 4.90 Å². The summed E-state index contributed by atoms with van der Waals surface area (Å²) in [5.74, 6) is 0.422. The Balaban J connectivity index is 2.79. The topological polar surface area (TPSA) is 78.8 Å². The number of methoxy groups -OCH3 is 1. The minimum absolute atomic E-state index is 0.0176. The SMILES string of the molecule is COCCN(CCO)c1ccc(C(=O)N(C)C)nn1. The summed E-state index contributed by atoms with van der Waals surface area (Å²) in [7, 11) is 4.94. The Bertz CT molecular complexity index is 394. The van der Waals surface area contributed by atoms with Gasteiger partial charge in [0.05, 0.1) is 13.2 Å². The average Bonchev–Trinajstić information content (AvgIpc) is 2.42. The number of aliphatic hydroxyl groups excluding tert-OH is 1. The fourth-order valence-electron chi connectivity index (χ4n) is 1.50. The van der Waals surface area contributed by atoms with Crippen LogP contribution in [0.4, 0.5) is 5.82 Å². The van der Waals surface area contributed by atoms with Gasteiger partial charge in [0.15, 0.2) is 11.5 Å². The Hall–Kier alpha value is -1.73. The molecule has 0 atom stereocenters. The Morgan fingerprint density at radius 2 is 2.05 bits per heavy atom. The number of anilines is 1. The van der Waals surface area contributed by atoms with Gasteiger partial charge in [0.1, 0.15) is 0 Å². The molecule has 106 valence electrons. The minimum Gasteiger partial charge on any atom is -0.395 e. The molecule has 0 spiro atoms. The molecule has 0 aromatic carbocycles. The van der Waals surface area contributed by atoms with E-state index in [2.05, 4.69) is 10.2 Å². The molecule has 1 amide bonds. The van der Waals surface area contributed by atoms with E-state index in [9.17, 15) is 4.79 Å². The lowest BCUT2D eigenvalue weighted by atomic mass is 10.3. The van der Waals surface area contributed by atoms with E-state index in [0.717, 1.165) is 0 Å². The predicted molar refractivity (Wildman–Crippen MR) is 71.2 cm³/mol. The number of amides is 1. The monoisotopic (exact) mass is 268 g/mol. The summed E-state index contributed by atoms with van der Waals surface area (Å²) in [6, 6.07) is 3.34. The second-order valence-corrected chi connectivity index (χ2v) is 4.18. The predicted octanol–water partition coefficient (Wildman–Crippen LogP) is -0.376. The van der Waals surface area contributed by atoms with Crippen LogP contribution >= 0.6 is 0 Å². The smallest absolute Gasteiger partial charge is 0.273 e. The molecule has 0 bridgehead atoms. The van der Waals surface area contributed by atoms with Crippen LogP contribution in [-0.4, -0.2) is 73.6 Å². The number of hydrogen-bond acceptors (Lipinski definition) is 6. The number of rotatable bonds is 7. The summed E-state index contributed by atoms with van der Waals surface area (Å²) in [6.45, 7) is 1.59. The van der Waals surface area contributed by atoms with Gasteiger partial charge in [-0.3, -0.25) is 4.79 Å². The van der Waals surface area contributed by atoms with Crippen LogP contribution in [0.1, 0.15) is 10.5 Å². The van der Waals surface area contributed by atoms with E-state index in [4.69, 9.17) is 9.84 Å². The molecule has 0 aliphatic heterocycles. The van der Waals surface area contributed by atoms with Gasteiger partial charge in [-0.25, -0.2) is 0 Å². The van der Waals surface area contributed by atoms with Crippen molar-refractivity contribution in [1.29, 1.82) is 0 Å². The lowest BCUT2D eigenvalue weighted by Gasteiger charge is -2.21. The molecule has 19 heavy (non-hydrogen) atoms. The van der Waals surface area contributed by atoms with Crippen molar-refractivity contribution in [2.45, 2.75) is 0 Å². The summed E-state index contributed by atoms with van der Waals surface area (Å²) in [6.07, 6.45) is 0. The molecule has 0 fully saturated rings. The molecule has 0 radical (unpaired) electrons. The minimum atomic E-state index is -0.190. The third kappa shape index (κ3) is 4.46. The first-order valence-corrected chi connectivity index (χ1v) is 6.00. The first-order valence-electron chi connectivity index (χ1n) is 6.00. The summed E-state index contributed by atoms with van der Waals surface area (Å²) < 4.78 is 5.00. The molecule has 0 unspecified atom stereocenters. The van der Waals surface area contributed by atoms with Crippen molar-refractivity contribution in [3.05, 3.63) is 17.8 Å². The second kappa shape index (κ2) is 7.65. The van der Waals surface area contributed by atoms with E-state index < -0.39 is 0 Å². The van der Waals surface area contributed by atoms with Gasteiger partial charge in [-0.2, -0.15) is 0 Å². The van der Waals surface area contributed by atoms with Crippen LogP contribution < -0.4 is 4.90 Å². The van der Waals surface area contributed by atoms with Gasteiger partial charge in [0, 0.05) is 34.3 Å². The molecular formula is C12H20N4O3. The van der Waals surface area contributed by atoms with Crippen molar-refractivity contribution >= 4 is 11.7 Å². The standard InChI is InChI=1S/C12H20N4O3/c1-15(2)12(18)10-4-5-11(14-13-10)16(6-8-17)7-9-19-3/h4-5,17H,6-9H2,1-3H3. The van der Waals surface area contributed by atoms with Crippen LogP contribution in [0.3, 0.4) is 0 Å². The van der Waals surface area contributed by atoms with Crippen LogP contribution in [0.5, 0.6) is 0 Å². The van der Waals surface area contributed by atoms with Crippen LogP contribution in [0.2, 0.25) is 0 Å². The van der Waals surface area contributed by atoms with Gasteiger partial charge in [0.25, 0.3) is 5.91 Å². The van der Waals surface area contributed by atoms with Crippen molar-refractivity contribution < 1.29 is 14.6 Å². The average molecular weight is 268 g/mol. The highest BCUT2D eigenvalue weighted by Crippen LogP contribution is 2.09. The van der Waals surface area contributed by atoms with Crippen molar-refractivity contribution in [3.8, 4) is 0 Å². The molecule has 7 heteroatoms. The zero-order valence-electron chi connectivity index (χ0n) is 11.5. The fraction of sp³-hybridized carbons (Fsp3) is 0.583. The molecule has 1 rings (SSSR count). The normalized spacial score (nSPS) is 10.3. The van der Waals surface area contributed by atoms with Gasteiger partial charge >= 0.3 is 0 Å². The Labute approximate surface area is 112 Å². The number of aliphatic hydroxyl groups is 1. The van der Waals surface area contributed by atoms with Gasteiger partial charge < -0.3 is 19.6 Å². The number of nitrogens with zero attached hydrogens (tertiary/aromatic N) is 4. The third-order valence-corrected chi connectivity index (χ3v) is 2.54. The quantitative estimate of drug-likeness (QED) is 0.726. The zero-order valence-corrected chi connectivity index (χ0v) is 11.5. The number of ether oxygens (including phenoxy) is 1. The Morgan fingerprint density at radius 3 is 2.53 bits per heavy atom. The van der Waals surface area contributed by atoms with Crippen molar-refractivity contribution in [3.63, 3.8) is 0 Å². The largest absolute Gasteiger partial charge is 0.395 e. The van der Waals surface area contributed by atoms with Crippen molar-refractivity contribution in [2.75, 3.05) is 52.4 Å².